The van der Waals surface area contributed by atoms with Crippen LogP contribution in [-0.2, 0) is 14.8 Å². The Morgan fingerprint density at radius 3 is 2.24 bits per heavy atom. The molecule has 0 unspecified atom stereocenters. The van der Waals surface area contributed by atoms with E-state index in [1.807, 2.05) is 24.3 Å². The number of anilines is 2. The Balaban J connectivity index is 1.47. The van der Waals surface area contributed by atoms with Crippen LogP contribution in [0.3, 0.4) is 0 Å². The predicted octanol–water partition coefficient (Wildman–Crippen LogP) is 3.35. The largest absolute Gasteiger partial charge is 0.497 e. The van der Waals surface area contributed by atoms with E-state index in [0.29, 0.717) is 23.5 Å². The lowest BCUT2D eigenvalue weighted by Gasteiger charge is -2.29. The third-order valence-electron chi connectivity index (χ3n) is 5.63. The van der Waals surface area contributed by atoms with Gasteiger partial charge in [0.25, 0.3) is 0 Å². The van der Waals surface area contributed by atoms with Crippen LogP contribution in [0.15, 0.2) is 48.5 Å². The molecule has 0 bridgehead atoms. The quantitative estimate of drug-likeness (QED) is 0.567. The maximum absolute atomic E-state index is 12.4. The molecule has 0 atom stereocenters. The molecule has 0 spiro atoms. The van der Waals surface area contributed by atoms with E-state index >= 15 is 0 Å². The van der Waals surface area contributed by atoms with Gasteiger partial charge in [0, 0.05) is 31.7 Å². The average molecular weight is 476 g/mol. The van der Waals surface area contributed by atoms with Crippen molar-refractivity contribution >= 4 is 27.3 Å². The van der Waals surface area contributed by atoms with E-state index in [4.69, 9.17) is 9.47 Å². The molecule has 1 heterocycles. The first kappa shape index (κ1) is 24.9. The lowest BCUT2D eigenvalue weighted by molar-refractivity contribution is -0.116. The molecule has 1 N–H and O–H groups in total. The van der Waals surface area contributed by atoms with Gasteiger partial charge >= 0.3 is 0 Å². The standard InChI is InChI=1S/C24H33N3O5S/c1-26-17-14-23(15-18-26)32-22-10-6-19(7-11-22)25-24(28)5-4-16-27(33(3,29)30)20-8-12-21(31-2)13-9-20/h6-13,23H,4-5,14-18H2,1-3H3,(H,25,28). The zero-order valence-electron chi connectivity index (χ0n) is 19.5. The molecule has 8 nitrogen and oxygen atoms in total. The Morgan fingerprint density at radius 1 is 1.06 bits per heavy atom. The number of hydrogen-bond acceptors (Lipinski definition) is 6. The van der Waals surface area contributed by atoms with Crippen LogP contribution in [-0.4, -0.2) is 65.4 Å². The Morgan fingerprint density at radius 2 is 1.67 bits per heavy atom. The number of piperidine rings is 1. The van der Waals surface area contributed by atoms with E-state index in [-0.39, 0.29) is 25.0 Å². The SMILES string of the molecule is COc1ccc(N(CCCC(=O)Nc2ccc(OC3CCN(C)CC3)cc2)S(C)(=O)=O)cc1. The summed E-state index contributed by atoms with van der Waals surface area (Å²) in [6, 6.07) is 14.2. The van der Waals surface area contributed by atoms with Gasteiger partial charge in [0.1, 0.15) is 17.6 Å². The zero-order chi connectivity index (χ0) is 23.8. The van der Waals surface area contributed by atoms with Crippen molar-refractivity contribution in [3.63, 3.8) is 0 Å². The fraction of sp³-hybridized carbons (Fsp3) is 0.458. The molecule has 9 heteroatoms. The van der Waals surface area contributed by atoms with Crippen molar-refractivity contribution in [2.45, 2.75) is 31.8 Å². The van der Waals surface area contributed by atoms with Crippen LogP contribution in [0.2, 0.25) is 0 Å². The van der Waals surface area contributed by atoms with Crippen molar-refractivity contribution in [2.24, 2.45) is 0 Å². The number of amides is 1. The van der Waals surface area contributed by atoms with Gasteiger partial charge in [-0.15, -0.1) is 0 Å². The second kappa shape index (κ2) is 11.4. The van der Waals surface area contributed by atoms with Crippen LogP contribution in [0.4, 0.5) is 11.4 Å². The maximum atomic E-state index is 12.4. The minimum Gasteiger partial charge on any atom is -0.497 e. The number of sulfonamides is 1. The molecule has 0 aromatic heterocycles. The molecular formula is C24H33N3O5S. The third kappa shape index (κ3) is 7.64. The van der Waals surface area contributed by atoms with Crippen molar-refractivity contribution in [3.05, 3.63) is 48.5 Å². The van der Waals surface area contributed by atoms with E-state index < -0.39 is 10.0 Å². The van der Waals surface area contributed by atoms with Gasteiger partial charge in [0.15, 0.2) is 0 Å². The van der Waals surface area contributed by atoms with Gasteiger partial charge in [0.2, 0.25) is 15.9 Å². The molecule has 1 saturated heterocycles. The smallest absolute Gasteiger partial charge is 0.232 e. The van der Waals surface area contributed by atoms with Crippen LogP contribution < -0.4 is 19.1 Å². The summed E-state index contributed by atoms with van der Waals surface area (Å²) < 4.78 is 36.9. The molecule has 3 rings (SSSR count). The Kier molecular flexibility index (Phi) is 8.57. The number of nitrogens with one attached hydrogen (secondary N) is 1. The van der Waals surface area contributed by atoms with Crippen LogP contribution in [0, 0.1) is 0 Å². The highest BCUT2D eigenvalue weighted by Gasteiger charge is 2.19. The minimum atomic E-state index is -3.47. The number of carbonyl (C=O) groups is 1. The molecule has 2 aromatic rings. The number of rotatable bonds is 10. The van der Waals surface area contributed by atoms with E-state index in [9.17, 15) is 13.2 Å². The molecule has 2 aromatic carbocycles. The molecule has 0 radical (unpaired) electrons. The van der Waals surface area contributed by atoms with Gasteiger partial charge < -0.3 is 19.7 Å². The monoisotopic (exact) mass is 475 g/mol. The van der Waals surface area contributed by atoms with Crippen molar-refractivity contribution < 1.29 is 22.7 Å². The first-order valence-corrected chi connectivity index (χ1v) is 13.0. The van der Waals surface area contributed by atoms with Crippen molar-refractivity contribution in [1.82, 2.24) is 4.90 Å². The summed E-state index contributed by atoms with van der Waals surface area (Å²) >= 11 is 0. The molecule has 1 aliphatic rings. The summed E-state index contributed by atoms with van der Waals surface area (Å²) in [7, 11) is 0.200. The normalized spacial score (nSPS) is 15.1. The number of likely N-dealkylation sites (tertiary alicyclic amines) is 1. The zero-order valence-corrected chi connectivity index (χ0v) is 20.3. The number of methoxy groups -OCH3 is 1. The molecular weight excluding hydrogens is 442 g/mol. The minimum absolute atomic E-state index is 0.165. The van der Waals surface area contributed by atoms with Gasteiger partial charge in [-0.2, -0.15) is 0 Å². The summed E-state index contributed by atoms with van der Waals surface area (Å²) in [5.74, 6) is 1.28. The Labute approximate surface area is 196 Å². The van der Waals surface area contributed by atoms with Gasteiger partial charge in [-0.3, -0.25) is 9.10 Å². The Bertz CT molecular complexity index is 1000. The molecule has 1 aliphatic heterocycles. The molecule has 0 aliphatic carbocycles. The van der Waals surface area contributed by atoms with E-state index in [1.165, 1.54) is 4.31 Å². The summed E-state index contributed by atoms with van der Waals surface area (Å²) in [5.41, 5.74) is 1.23. The maximum Gasteiger partial charge on any atom is 0.232 e. The van der Waals surface area contributed by atoms with E-state index in [2.05, 4.69) is 17.3 Å². The number of nitrogens with zero attached hydrogens (tertiary/aromatic N) is 2. The average Bonchev–Trinajstić information content (AvgIpc) is 2.79. The summed E-state index contributed by atoms with van der Waals surface area (Å²) in [6.07, 6.45) is 4.00. The van der Waals surface area contributed by atoms with Crippen molar-refractivity contribution in [1.29, 1.82) is 0 Å². The highest BCUT2D eigenvalue weighted by molar-refractivity contribution is 7.92. The van der Waals surface area contributed by atoms with Crippen LogP contribution in [0.1, 0.15) is 25.7 Å². The fourth-order valence-corrected chi connectivity index (χ4v) is 4.72. The van der Waals surface area contributed by atoms with Gasteiger partial charge in [0.05, 0.1) is 19.1 Å². The molecule has 33 heavy (non-hydrogen) atoms. The lowest BCUT2D eigenvalue weighted by Crippen LogP contribution is -2.35. The number of hydrogen-bond donors (Lipinski definition) is 1. The van der Waals surface area contributed by atoms with E-state index in [1.54, 1.807) is 31.4 Å². The van der Waals surface area contributed by atoms with Crippen LogP contribution >= 0.6 is 0 Å². The van der Waals surface area contributed by atoms with Crippen LogP contribution in [0.25, 0.3) is 0 Å². The lowest BCUT2D eigenvalue weighted by atomic mass is 10.1. The first-order chi connectivity index (χ1) is 15.7. The molecule has 180 valence electrons. The van der Waals surface area contributed by atoms with E-state index in [0.717, 1.165) is 37.9 Å². The highest BCUT2D eigenvalue weighted by Crippen LogP contribution is 2.23. The van der Waals surface area contributed by atoms with Gasteiger partial charge in [-0.05, 0) is 74.8 Å². The summed E-state index contributed by atoms with van der Waals surface area (Å²) in [6.45, 7) is 2.28. The number of carbonyl (C=O) groups excluding carboxylic acids is 1. The van der Waals surface area contributed by atoms with Gasteiger partial charge in [-0.25, -0.2) is 8.42 Å². The number of ether oxygens (including phenoxy) is 2. The van der Waals surface area contributed by atoms with Crippen molar-refractivity contribution in [2.75, 3.05) is 49.7 Å². The molecule has 1 fully saturated rings. The van der Waals surface area contributed by atoms with Crippen molar-refractivity contribution in [3.8, 4) is 11.5 Å². The van der Waals surface area contributed by atoms with Crippen LogP contribution in [0.5, 0.6) is 11.5 Å². The fourth-order valence-electron chi connectivity index (χ4n) is 3.75. The van der Waals surface area contributed by atoms with Gasteiger partial charge in [-0.1, -0.05) is 0 Å². The summed E-state index contributed by atoms with van der Waals surface area (Å²) in [4.78, 5) is 14.7. The number of benzene rings is 2. The third-order valence-corrected chi connectivity index (χ3v) is 6.83. The molecule has 1 amide bonds. The topological polar surface area (TPSA) is 88.2 Å². The second-order valence-electron chi connectivity index (χ2n) is 8.33. The highest BCUT2D eigenvalue weighted by atomic mass is 32.2. The predicted molar refractivity (Wildman–Crippen MR) is 131 cm³/mol. The summed E-state index contributed by atoms with van der Waals surface area (Å²) in [5, 5.41) is 2.86. The Hall–Kier alpha value is -2.78. The second-order valence-corrected chi connectivity index (χ2v) is 10.2. The molecule has 0 saturated carbocycles. The first-order valence-electron chi connectivity index (χ1n) is 11.1.